The number of nitrogens with zero attached hydrogens (tertiary/aromatic N) is 1. The van der Waals surface area contributed by atoms with Crippen molar-refractivity contribution < 1.29 is 9.90 Å². The summed E-state index contributed by atoms with van der Waals surface area (Å²) in [6.07, 6.45) is 5.27. The number of rotatable bonds is 3. The van der Waals surface area contributed by atoms with Crippen LogP contribution in [0.25, 0.3) is 12.2 Å². The molecule has 18 heavy (non-hydrogen) atoms. The number of aromatic hydroxyl groups is 1. The minimum absolute atomic E-state index is 0.128. The average molecular weight is 260 g/mol. The fourth-order valence-electron chi connectivity index (χ4n) is 1.35. The highest BCUT2D eigenvalue weighted by atomic mass is 32.1. The fourth-order valence-corrected chi connectivity index (χ4v) is 2.11. The minimum Gasteiger partial charge on any atom is -0.508 e. The maximum atomic E-state index is 11.3. The van der Waals surface area contributed by atoms with Gasteiger partial charge < -0.3 is 10.4 Å². The molecule has 0 unspecified atom stereocenters. The van der Waals surface area contributed by atoms with Crippen molar-refractivity contribution in [1.29, 1.82) is 0 Å². The van der Waals surface area contributed by atoms with E-state index in [9.17, 15) is 4.79 Å². The molecular weight excluding hydrogens is 248 g/mol. The summed E-state index contributed by atoms with van der Waals surface area (Å²) in [5.41, 5.74) is 0.962. The quantitative estimate of drug-likeness (QED) is 0.890. The number of benzene rings is 1. The molecule has 0 aliphatic heterocycles. The predicted octanol–water partition coefficient (Wildman–Crippen LogP) is 2.38. The normalized spacial score (nSPS) is 10.7. The highest BCUT2D eigenvalue weighted by Gasteiger charge is 2.06. The Bertz CT molecular complexity index is 573. The number of hydrogen-bond donors (Lipinski definition) is 2. The molecular formula is C13H12N2O2S. The van der Waals surface area contributed by atoms with Gasteiger partial charge in [-0.25, -0.2) is 4.98 Å². The van der Waals surface area contributed by atoms with Crippen molar-refractivity contribution >= 4 is 29.4 Å². The maximum absolute atomic E-state index is 11.3. The second-order valence-electron chi connectivity index (χ2n) is 3.57. The molecule has 0 atom stereocenters. The zero-order valence-corrected chi connectivity index (χ0v) is 10.6. The van der Waals surface area contributed by atoms with Crippen LogP contribution in [0.4, 0.5) is 0 Å². The summed E-state index contributed by atoms with van der Waals surface area (Å²) < 4.78 is 0. The predicted molar refractivity (Wildman–Crippen MR) is 72.5 cm³/mol. The van der Waals surface area contributed by atoms with Gasteiger partial charge in [0.2, 0.25) is 0 Å². The number of carbonyl (C=O) groups excluding carboxylic acids is 1. The number of nitrogens with one attached hydrogen (secondary N) is 1. The molecule has 1 amide bonds. The summed E-state index contributed by atoms with van der Waals surface area (Å²) in [4.78, 5) is 16.1. The lowest BCUT2D eigenvalue weighted by molar-refractivity contribution is 0.0967. The molecule has 5 heteroatoms. The van der Waals surface area contributed by atoms with E-state index in [0.29, 0.717) is 4.88 Å². The summed E-state index contributed by atoms with van der Waals surface area (Å²) in [5.74, 6) is 0.111. The molecule has 0 aliphatic carbocycles. The summed E-state index contributed by atoms with van der Waals surface area (Å²) in [6, 6.07) is 6.85. The molecule has 2 aromatic rings. The molecule has 0 saturated heterocycles. The Labute approximate surface area is 109 Å². The first kappa shape index (κ1) is 12.3. The van der Waals surface area contributed by atoms with Crippen molar-refractivity contribution in [2.45, 2.75) is 0 Å². The number of phenolic OH excluding ortho intramolecular Hbond substituents is 1. The van der Waals surface area contributed by atoms with E-state index in [-0.39, 0.29) is 11.7 Å². The van der Waals surface area contributed by atoms with Gasteiger partial charge in [-0.05, 0) is 23.8 Å². The molecule has 1 heterocycles. The van der Waals surface area contributed by atoms with E-state index >= 15 is 0 Å². The summed E-state index contributed by atoms with van der Waals surface area (Å²) >= 11 is 1.33. The Morgan fingerprint density at radius 3 is 2.72 bits per heavy atom. The van der Waals surface area contributed by atoms with E-state index in [2.05, 4.69) is 10.3 Å². The SMILES string of the molecule is CNC(=O)c1cnc(/C=C/c2ccc(O)cc2)s1. The first-order chi connectivity index (χ1) is 8.69. The fraction of sp³-hybridized carbons (Fsp3) is 0.0769. The average Bonchev–Trinajstić information content (AvgIpc) is 2.86. The molecule has 0 saturated carbocycles. The number of thiazole rings is 1. The van der Waals surface area contributed by atoms with Gasteiger partial charge in [-0.3, -0.25) is 4.79 Å². The monoisotopic (exact) mass is 260 g/mol. The molecule has 92 valence electrons. The van der Waals surface area contributed by atoms with E-state index < -0.39 is 0 Å². The number of hydrogen-bond acceptors (Lipinski definition) is 4. The van der Waals surface area contributed by atoms with E-state index in [0.717, 1.165) is 10.6 Å². The molecule has 4 nitrogen and oxygen atoms in total. The number of carbonyl (C=O) groups is 1. The molecule has 0 fully saturated rings. The number of amides is 1. The molecule has 1 aromatic heterocycles. The van der Waals surface area contributed by atoms with Crippen molar-refractivity contribution in [2.24, 2.45) is 0 Å². The van der Waals surface area contributed by atoms with E-state index in [1.807, 2.05) is 12.2 Å². The van der Waals surface area contributed by atoms with Gasteiger partial charge in [0.1, 0.15) is 15.6 Å². The topological polar surface area (TPSA) is 62.2 Å². The van der Waals surface area contributed by atoms with Crippen molar-refractivity contribution in [3.8, 4) is 5.75 Å². The lowest BCUT2D eigenvalue weighted by Crippen LogP contribution is -2.16. The Kier molecular flexibility index (Phi) is 3.74. The Morgan fingerprint density at radius 1 is 1.33 bits per heavy atom. The van der Waals surface area contributed by atoms with Crippen LogP contribution in [-0.2, 0) is 0 Å². The second kappa shape index (κ2) is 5.46. The van der Waals surface area contributed by atoms with Crippen molar-refractivity contribution in [3.05, 3.63) is 45.9 Å². The summed E-state index contributed by atoms with van der Waals surface area (Å²) in [5, 5.41) is 12.5. The highest BCUT2D eigenvalue weighted by Crippen LogP contribution is 2.17. The third kappa shape index (κ3) is 2.95. The van der Waals surface area contributed by atoms with Gasteiger partial charge in [0.05, 0.1) is 6.20 Å². The molecule has 0 radical (unpaired) electrons. The van der Waals surface area contributed by atoms with Gasteiger partial charge in [-0.1, -0.05) is 18.2 Å². The first-order valence-corrected chi connectivity index (χ1v) is 6.16. The molecule has 2 rings (SSSR count). The van der Waals surface area contributed by atoms with Crippen LogP contribution in [0, 0.1) is 0 Å². The standard InChI is InChI=1S/C13H12N2O2S/c1-14-13(17)11-8-15-12(18-11)7-4-9-2-5-10(16)6-3-9/h2-8,16H,1H3,(H,14,17)/b7-4+. The van der Waals surface area contributed by atoms with Gasteiger partial charge in [0.25, 0.3) is 5.91 Å². The van der Waals surface area contributed by atoms with Crippen LogP contribution in [0.1, 0.15) is 20.2 Å². The lowest BCUT2D eigenvalue weighted by Gasteiger charge is -1.93. The summed E-state index contributed by atoms with van der Waals surface area (Å²) in [6.45, 7) is 0. The van der Waals surface area contributed by atoms with Gasteiger partial charge in [0.15, 0.2) is 0 Å². The first-order valence-electron chi connectivity index (χ1n) is 5.34. The second-order valence-corrected chi connectivity index (χ2v) is 4.63. The van der Waals surface area contributed by atoms with Gasteiger partial charge in [-0.15, -0.1) is 11.3 Å². The smallest absolute Gasteiger partial charge is 0.262 e. The van der Waals surface area contributed by atoms with Crippen LogP contribution >= 0.6 is 11.3 Å². The van der Waals surface area contributed by atoms with Crippen LogP contribution in [0.2, 0.25) is 0 Å². The van der Waals surface area contributed by atoms with Crippen LogP contribution < -0.4 is 5.32 Å². The van der Waals surface area contributed by atoms with Gasteiger partial charge in [0, 0.05) is 7.05 Å². The molecule has 1 aromatic carbocycles. The molecule has 0 spiro atoms. The van der Waals surface area contributed by atoms with Gasteiger partial charge >= 0.3 is 0 Å². The molecule has 0 bridgehead atoms. The van der Waals surface area contributed by atoms with Crippen molar-refractivity contribution in [3.63, 3.8) is 0 Å². The van der Waals surface area contributed by atoms with Crippen LogP contribution in [0.3, 0.4) is 0 Å². The number of aromatic nitrogens is 1. The summed E-state index contributed by atoms with van der Waals surface area (Å²) in [7, 11) is 1.59. The van der Waals surface area contributed by atoms with E-state index in [4.69, 9.17) is 5.11 Å². The van der Waals surface area contributed by atoms with E-state index in [1.165, 1.54) is 11.3 Å². The Balaban J connectivity index is 2.11. The van der Waals surface area contributed by atoms with Crippen LogP contribution in [0.5, 0.6) is 5.75 Å². The van der Waals surface area contributed by atoms with Crippen LogP contribution in [-0.4, -0.2) is 23.0 Å². The largest absolute Gasteiger partial charge is 0.508 e. The minimum atomic E-state index is -0.128. The van der Waals surface area contributed by atoms with Crippen molar-refractivity contribution in [1.82, 2.24) is 10.3 Å². The zero-order chi connectivity index (χ0) is 13.0. The third-order valence-corrected chi connectivity index (χ3v) is 3.25. The van der Waals surface area contributed by atoms with Crippen molar-refractivity contribution in [2.75, 3.05) is 7.05 Å². The molecule has 2 N–H and O–H groups in total. The Morgan fingerprint density at radius 2 is 2.06 bits per heavy atom. The van der Waals surface area contributed by atoms with E-state index in [1.54, 1.807) is 37.5 Å². The number of phenols is 1. The molecule has 0 aliphatic rings. The highest BCUT2D eigenvalue weighted by molar-refractivity contribution is 7.14. The van der Waals surface area contributed by atoms with Crippen LogP contribution in [0.15, 0.2) is 30.5 Å². The third-order valence-electron chi connectivity index (χ3n) is 2.29. The zero-order valence-electron chi connectivity index (χ0n) is 9.75. The van der Waals surface area contributed by atoms with Gasteiger partial charge in [-0.2, -0.15) is 0 Å². The maximum Gasteiger partial charge on any atom is 0.262 e. The lowest BCUT2D eigenvalue weighted by atomic mass is 10.2. The Hall–Kier alpha value is -2.14.